The van der Waals surface area contributed by atoms with E-state index in [9.17, 15) is 18.0 Å². The topological polar surface area (TPSA) is 50.1 Å². The number of methoxy groups -OCH3 is 1. The van der Waals surface area contributed by atoms with Gasteiger partial charge in [0.25, 0.3) is 0 Å². The van der Waals surface area contributed by atoms with Crippen molar-refractivity contribution in [2.24, 2.45) is 0 Å². The Hall–Kier alpha value is -1.30. The Bertz CT molecular complexity index is 505. The molecule has 1 aromatic rings. The van der Waals surface area contributed by atoms with Crippen molar-refractivity contribution in [1.82, 2.24) is 0 Å². The van der Waals surface area contributed by atoms with E-state index in [0.29, 0.717) is 6.07 Å². The fraction of sp³-hybridized carbons (Fsp3) is 0.200. The first-order chi connectivity index (χ1) is 7.81. The third-order valence-corrected chi connectivity index (χ3v) is 2.83. The fourth-order valence-electron chi connectivity index (χ4n) is 1.16. The second-order valence-electron chi connectivity index (χ2n) is 2.98. The summed E-state index contributed by atoms with van der Waals surface area (Å²) in [5, 5.41) is 8.74. The molecule has 0 aliphatic heterocycles. The van der Waals surface area contributed by atoms with Crippen LogP contribution in [-0.4, -0.2) is 13.1 Å². The molecule has 17 heavy (non-hydrogen) atoms. The first kappa shape index (κ1) is 13.8. The van der Waals surface area contributed by atoms with Gasteiger partial charge in [0.05, 0.1) is 23.8 Å². The number of hydrogen-bond donors (Lipinski definition) is 0. The second-order valence-corrected chi connectivity index (χ2v) is 4.14. The van der Waals surface area contributed by atoms with Gasteiger partial charge in [-0.25, -0.2) is 4.79 Å². The number of rotatable bonds is 1. The summed E-state index contributed by atoms with van der Waals surface area (Å²) in [5.41, 5.74) is -1.49. The summed E-state index contributed by atoms with van der Waals surface area (Å²) in [4.78, 5) is 11.2. The summed E-state index contributed by atoms with van der Waals surface area (Å²) in [6, 6.07) is 3.30. The summed E-state index contributed by atoms with van der Waals surface area (Å²) in [6.07, 6.45) is -4.58. The lowest BCUT2D eigenvalue weighted by Gasteiger charge is -2.11. The monoisotopic (exact) mass is 355 g/mol. The maximum Gasteiger partial charge on any atom is 0.417 e. The van der Waals surface area contributed by atoms with Gasteiger partial charge in [-0.15, -0.1) is 0 Å². The molecule has 0 aliphatic carbocycles. The predicted octanol–water partition coefficient (Wildman–Crippen LogP) is 2.97. The molecule has 0 radical (unpaired) electrons. The van der Waals surface area contributed by atoms with Crippen LogP contribution in [0.2, 0.25) is 0 Å². The molecule has 0 aromatic heterocycles. The van der Waals surface area contributed by atoms with Crippen molar-refractivity contribution in [3.05, 3.63) is 32.4 Å². The standard InChI is InChI=1S/C10H5F3INO2/c1-17-9(16)6-3-7(10(11,12)13)8(14)2-5(6)4-15/h2-3H,1H3. The minimum absolute atomic E-state index is 0.140. The summed E-state index contributed by atoms with van der Waals surface area (Å²) >= 11 is 1.46. The maximum atomic E-state index is 12.6. The highest BCUT2D eigenvalue weighted by Crippen LogP contribution is 2.34. The summed E-state index contributed by atoms with van der Waals surface area (Å²) in [6.45, 7) is 0. The highest BCUT2D eigenvalue weighted by atomic mass is 127. The van der Waals surface area contributed by atoms with E-state index < -0.39 is 17.7 Å². The van der Waals surface area contributed by atoms with Crippen LogP contribution in [0.1, 0.15) is 21.5 Å². The van der Waals surface area contributed by atoms with Crippen molar-refractivity contribution in [1.29, 1.82) is 5.26 Å². The zero-order valence-corrected chi connectivity index (χ0v) is 10.6. The van der Waals surface area contributed by atoms with E-state index >= 15 is 0 Å². The number of benzene rings is 1. The highest BCUT2D eigenvalue weighted by Gasteiger charge is 2.34. The van der Waals surface area contributed by atoms with Gasteiger partial charge < -0.3 is 4.74 Å². The average molecular weight is 355 g/mol. The molecule has 1 rings (SSSR count). The lowest BCUT2D eigenvalue weighted by molar-refractivity contribution is -0.138. The third-order valence-electron chi connectivity index (χ3n) is 1.94. The first-order valence-electron chi connectivity index (χ1n) is 4.20. The third kappa shape index (κ3) is 2.88. The molecule has 0 saturated heterocycles. The van der Waals surface area contributed by atoms with Gasteiger partial charge in [-0.1, -0.05) is 0 Å². The molecule has 0 aliphatic rings. The Kier molecular flexibility index (Phi) is 3.98. The zero-order valence-electron chi connectivity index (χ0n) is 8.43. The highest BCUT2D eigenvalue weighted by molar-refractivity contribution is 14.1. The van der Waals surface area contributed by atoms with Gasteiger partial charge in [-0.05, 0) is 34.7 Å². The fourth-order valence-corrected chi connectivity index (χ4v) is 1.93. The normalized spacial score (nSPS) is 10.8. The Morgan fingerprint density at radius 1 is 1.47 bits per heavy atom. The largest absolute Gasteiger partial charge is 0.465 e. The van der Waals surface area contributed by atoms with Crippen LogP contribution in [0.25, 0.3) is 0 Å². The minimum atomic E-state index is -4.58. The van der Waals surface area contributed by atoms with Crippen LogP contribution >= 0.6 is 22.6 Å². The number of nitrogens with zero attached hydrogens (tertiary/aromatic N) is 1. The van der Waals surface area contributed by atoms with Gasteiger partial charge >= 0.3 is 12.1 Å². The van der Waals surface area contributed by atoms with E-state index in [1.807, 2.05) is 0 Å². The lowest BCUT2D eigenvalue weighted by atomic mass is 10.0. The number of carbonyl (C=O) groups is 1. The van der Waals surface area contributed by atoms with Crippen molar-refractivity contribution in [3.8, 4) is 6.07 Å². The van der Waals surface area contributed by atoms with E-state index in [2.05, 4.69) is 4.74 Å². The predicted molar refractivity (Wildman–Crippen MR) is 60.2 cm³/mol. The van der Waals surface area contributed by atoms with Gasteiger partial charge in [0, 0.05) is 3.57 Å². The van der Waals surface area contributed by atoms with Gasteiger partial charge in [-0.3, -0.25) is 0 Å². The quantitative estimate of drug-likeness (QED) is 0.575. The Labute approximate surface area is 108 Å². The van der Waals surface area contributed by atoms with Crippen LogP contribution in [0.5, 0.6) is 0 Å². The Morgan fingerprint density at radius 3 is 2.47 bits per heavy atom. The number of esters is 1. The SMILES string of the molecule is COC(=O)c1cc(C(F)(F)F)c(I)cc1C#N. The van der Waals surface area contributed by atoms with Crippen molar-refractivity contribution in [2.45, 2.75) is 6.18 Å². The molecular weight excluding hydrogens is 350 g/mol. The Balaban J connectivity index is 3.50. The molecule has 0 unspecified atom stereocenters. The van der Waals surface area contributed by atoms with Crippen LogP contribution in [-0.2, 0) is 10.9 Å². The summed E-state index contributed by atoms with van der Waals surface area (Å²) < 4.78 is 42.0. The lowest BCUT2D eigenvalue weighted by Crippen LogP contribution is -2.12. The minimum Gasteiger partial charge on any atom is -0.465 e. The first-order valence-corrected chi connectivity index (χ1v) is 5.28. The molecule has 0 saturated carbocycles. The van der Waals surface area contributed by atoms with Crippen molar-refractivity contribution in [2.75, 3.05) is 7.11 Å². The molecule has 7 heteroatoms. The molecule has 90 valence electrons. The zero-order chi connectivity index (χ0) is 13.2. The summed E-state index contributed by atoms with van der Waals surface area (Å²) in [7, 11) is 1.04. The van der Waals surface area contributed by atoms with E-state index in [0.717, 1.165) is 13.2 Å². The molecule has 0 fully saturated rings. The van der Waals surface area contributed by atoms with E-state index in [1.54, 1.807) is 6.07 Å². The number of alkyl halides is 3. The van der Waals surface area contributed by atoms with Crippen molar-refractivity contribution in [3.63, 3.8) is 0 Å². The van der Waals surface area contributed by atoms with Crippen LogP contribution in [0.3, 0.4) is 0 Å². The molecule has 0 spiro atoms. The summed E-state index contributed by atoms with van der Waals surface area (Å²) in [5.74, 6) is -0.969. The molecule has 0 N–H and O–H groups in total. The average Bonchev–Trinajstić information content (AvgIpc) is 2.25. The van der Waals surface area contributed by atoms with E-state index in [-0.39, 0.29) is 14.7 Å². The van der Waals surface area contributed by atoms with Gasteiger partial charge in [0.2, 0.25) is 0 Å². The molecule has 3 nitrogen and oxygen atoms in total. The Morgan fingerprint density at radius 2 is 2.06 bits per heavy atom. The smallest absolute Gasteiger partial charge is 0.417 e. The molecule has 0 heterocycles. The molecule has 0 amide bonds. The van der Waals surface area contributed by atoms with Gasteiger partial charge in [0.1, 0.15) is 6.07 Å². The number of nitriles is 1. The molecule has 0 atom stereocenters. The van der Waals surface area contributed by atoms with Crippen LogP contribution in [0.15, 0.2) is 12.1 Å². The molecule has 1 aromatic carbocycles. The van der Waals surface area contributed by atoms with Crippen molar-refractivity contribution < 1.29 is 22.7 Å². The van der Waals surface area contributed by atoms with Crippen LogP contribution in [0, 0.1) is 14.9 Å². The second kappa shape index (κ2) is 4.91. The maximum absolute atomic E-state index is 12.6. The van der Waals surface area contributed by atoms with E-state index in [1.165, 1.54) is 22.6 Å². The van der Waals surface area contributed by atoms with Crippen LogP contribution in [0.4, 0.5) is 13.2 Å². The number of carbonyl (C=O) groups excluding carboxylic acids is 1. The van der Waals surface area contributed by atoms with Gasteiger partial charge in [-0.2, -0.15) is 18.4 Å². The van der Waals surface area contributed by atoms with E-state index in [4.69, 9.17) is 5.26 Å². The number of ether oxygens (including phenoxy) is 1. The molecular formula is C10H5F3INO2. The van der Waals surface area contributed by atoms with Crippen LogP contribution < -0.4 is 0 Å². The van der Waals surface area contributed by atoms with Crippen molar-refractivity contribution >= 4 is 28.6 Å². The molecule has 0 bridgehead atoms. The number of hydrogen-bond acceptors (Lipinski definition) is 3. The number of halogens is 4. The van der Waals surface area contributed by atoms with Gasteiger partial charge in [0.15, 0.2) is 0 Å².